The van der Waals surface area contributed by atoms with E-state index in [2.05, 4.69) is 27.4 Å². The van der Waals surface area contributed by atoms with Gasteiger partial charge in [0.15, 0.2) is 0 Å². The summed E-state index contributed by atoms with van der Waals surface area (Å²) < 4.78 is 0. The molecule has 1 aliphatic rings. The lowest BCUT2D eigenvalue weighted by Crippen LogP contribution is -2.48. The molecule has 4 rings (SSSR count). The topological polar surface area (TPSA) is 49.3 Å². The zero-order valence-corrected chi connectivity index (χ0v) is 15.2. The number of hydrogen-bond acceptors (Lipinski definition) is 5. The lowest BCUT2D eigenvalue weighted by atomic mass is 10.2. The van der Waals surface area contributed by atoms with Crippen LogP contribution in [-0.2, 0) is 6.54 Å². The van der Waals surface area contributed by atoms with Crippen LogP contribution in [0, 0.1) is 0 Å². The summed E-state index contributed by atoms with van der Waals surface area (Å²) >= 11 is 1.68. The van der Waals surface area contributed by atoms with E-state index >= 15 is 0 Å². The molecule has 3 heterocycles. The highest BCUT2D eigenvalue weighted by molar-refractivity contribution is 7.13. The number of piperazine rings is 1. The maximum Gasteiger partial charge on any atom is 0.272 e. The van der Waals surface area contributed by atoms with Gasteiger partial charge in [0.25, 0.3) is 5.91 Å². The molecule has 1 aromatic carbocycles. The molecule has 1 aliphatic heterocycles. The van der Waals surface area contributed by atoms with Crippen molar-refractivity contribution in [3.8, 4) is 10.6 Å². The van der Waals surface area contributed by atoms with Crippen LogP contribution in [0.1, 0.15) is 16.2 Å². The highest BCUT2D eigenvalue weighted by atomic mass is 32.1. The Bertz CT molecular complexity index is 858. The van der Waals surface area contributed by atoms with E-state index in [0.29, 0.717) is 5.69 Å². The molecule has 0 unspecified atom stereocenters. The summed E-state index contributed by atoms with van der Waals surface area (Å²) in [5.74, 6) is 0.0188. The van der Waals surface area contributed by atoms with Crippen molar-refractivity contribution in [2.24, 2.45) is 0 Å². The first-order chi connectivity index (χ1) is 12.8. The van der Waals surface area contributed by atoms with E-state index in [0.717, 1.165) is 49.0 Å². The Labute approximate surface area is 156 Å². The van der Waals surface area contributed by atoms with E-state index in [4.69, 9.17) is 4.98 Å². The number of thiazole rings is 1. The van der Waals surface area contributed by atoms with Gasteiger partial charge >= 0.3 is 0 Å². The van der Waals surface area contributed by atoms with Crippen molar-refractivity contribution in [3.05, 3.63) is 71.5 Å². The number of rotatable bonds is 4. The molecule has 0 N–H and O–H groups in total. The van der Waals surface area contributed by atoms with Gasteiger partial charge in [-0.15, -0.1) is 11.3 Å². The summed E-state index contributed by atoms with van der Waals surface area (Å²) in [7, 11) is 0. The Morgan fingerprint density at radius 2 is 1.77 bits per heavy atom. The van der Waals surface area contributed by atoms with Crippen molar-refractivity contribution in [1.82, 2.24) is 19.8 Å². The van der Waals surface area contributed by atoms with Gasteiger partial charge in [-0.25, -0.2) is 4.98 Å². The molecule has 2 aromatic heterocycles. The maximum atomic E-state index is 12.5. The first-order valence-corrected chi connectivity index (χ1v) is 9.60. The number of pyridine rings is 1. The fourth-order valence-electron chi connectivity index (χ4n) is 3.08. The van der Waals surface area contributed by atoms with E-state index < -0.39 is 0 Å². The van der Waals surface area contributed by atoms with Gasteiger partial charge < -0.3 is 4.90 Å². The van der Waals surface area contributed by atoms with Gasteiger partial charge in [0.1, 0.15) is 10.7 Å². The first kappa shape index (κ1) is 16.9. The summed E-state index contributed by atoms with van der Waals surface area (Å²) in [6.07, 6.45) is 1.66. The predicted octanol–water partition coefficient (Wildman–Crippen LogP) is 3.16. The van der Waals surface area contributed by atoms with Crippen molar-refractivity contribution in [2.45, 2.75) is 6.54 Å². The van der Waals surface area contributed by atoms with Crippen LogP contribution >= 0.6 is 11.3 Å². The normalized spacial score (nSPS) is 15.2. The van der Waals surface area contributed by atoms with Gasteiger partial charge in [0, 0.05) is 49.9 Å². The Balaban J connectivity index is 1.33. The number of carbonyl (C=O) groups excluding carboxylic acids is 1. The van der Waals surface area contributed by atoms with Crippen LogP contribution < -0.4 is 0 Å². The fraction of sp³-hybridized carbons (Fsp3) is 0.250. The molecular formula is C20H20N4OS. The molecular weight excluding hydrogens is 344 g/mol. The number of hydrogen-bond donors (Lipinski definition) is 0. The smallest absolute Gasteiger partial charge is 0.272 e. The molecule has 1 saturated heterocycles. The quantitative estimate of drug-likeness (QED) is 0.714. The first-order valence-electron chi connectivity index (χ1n) is 8.72. The number of nitrogens with zero attached hydrogens (tertiary/aromatic N) is 4. The highest BCUT2D eigenvalue weighted by Gasteiger charge is 2.23. The molecule has 5 nitrogen and oxygen atoms in total. The number of aromatic nitrogens is 2. The summed E-state index contributed by atoms with van der Waals surface area (Å²) in [4.78, 5) is 25.6. The van der Waals surface area contributed by atoms with Crippen molar-refractivity contribution in [1.29, 1.82) is 0 Å². The zero-order chi connectivity index (χ0) is 17.8. The molecule has 0 saturated carbocycles. The minimum absolute atomic E-state index is 0.0188. The van der Waals surface area contributed by atoms with Crippen LogP contribution in [0.2, 0.25) is 0 Å². The molecule has 0 aliphatic carbocycles. The maximum absolute atomic E-state index is 12.5. The monoisotopic (exact) mass is 364 g/mol. The van der Waals surface area contributed by atoms with Gasteiger partial charge in [0.2, 0.25) is 0 Å². The molecule has 3 aromatic rings. The van der Waals surface area contributed by atoms with Gasteiger partial charge in [-0.3, -0.25) is 14.7 Å². The Kier molecular flexibility index (Phi) is 5.04. The molecule has 0 radical (unpaired) electrons. The van der Waals surface area contributed by atoms with E-state index in [1.807, 2.05) is 35.2 Å². The Morgan fingerprint density at radius 1 is 1.00 bits per heavy atom. The van der Waals surface area contributed by atoms with Crippen LogP contribution in [-0.4, -0.2) is 51.9 Å². The average Bonchev–Trinajstić information content (AvgIpc) is 3.18. The number of carbonyl (C=O) groups is 1. The molecule has 0 spiro atoms. The van der Waals surface area contributed by atoms with Crippen molar-refractivity contribution in [2.75, 3.05) is 26.2 Å². The second-order valence-corrected chi connectivity index (χ2v) is 7.15. The zero-order valence-electron chi connectivity index (χ0n) is 14.4. The lowest BCUT2D eigenvalue weighted by molar-refractivity contribution is 0.0621. The minimum Gasteiger partial charge on any atom is -0.335 e. The third-order valence-corrected chi connectivity index (χ3v) is 5.44. The van der Waals surface area contributed by atoms with Crippen LogP contribution in [0.5, 0.6) is 0 Å². The fourth-order valence-corrected chi connectivity index (χ4v) is 3.90. The summed E-state index contributed by atoms with van der Waals surface area (Å²) in [6.45, 7) is 4.00. The second-order valence-electron chi connectivity index (χ2n) is 6.29. The SMILES string of the molecule is O=C(c1ccccn1)N1CCN(Cc2csc(-c3ccccc3)n2)CC1. The van der Waals surface area contributed by atoms with E-state index in [1.165, 1.54) is 0 Å². The summed E-state index contributed by atoms with van der Waals surface area (Å²) in [5.41, 5.74) is 2.78. The van der Waals surface area contributed by atoms with Crippen molar-refractivity contribution in [3.63, 3.8) is 0 Å². The molecule has 132 valence electrons. The van der Waals surface area contributed by atoms with Gasteiger partial charge in [-0.1, -0.05) is 36.4 Å². The molecule has 1 fully saturated rings. The van der Waals surface area contributed by atoms with Crippen molar-refractivity contribution < 1.29 is 4.79 Å². The third-order valence-electron chi connectivity index (χ3n) is 4.50. The Hall–Kier alpha value is -2.57. The van der Waals surface area contributed by atoms with Gasteiger partial charge in [0.05, 0.1) is 5.69 Å². The van der Waals surface area contributed by atoms with Gasteiger partial charge in [-0.05, 0) is 12.1 Å². The van der Waals surface area contributed by atoms with Crippen LogP contribution in [0.3, 0.4) is 0 Å². The average molecular weight is 364 g/mol. The molecule has 0 atom stereocenters. The van der Waals surface area contributed by atoms with Gasteiger partial charge in [-0.2, -0.15) is 0 Å². The standard InChI is InChI=1S/C20H20N4OS/c25-20(18-8-4-5-9-21-18)24-12-10-23(11-13-24)14-17-15-26-19(22-17)16-6-2-1-3-7-16/h1-9,15H,10-14H2. The highest BCUT2D eigenvalue weighted by Crippen LogP contribution is 2.24. The van der Waals surface area contributed by atoms with E-state index in [9.17, 15) is 4.79 Å². The summed E-state index contributed by atoms with van der Waals surface area (Å²) in [5, 5.41) is 3.19. The third kappa shape index (κ3) is 3.81. The Morgan fingerprint density at radius 3 is 2.50 bits per heavy atom. The molecule has 0 bridgehead atoms. The second kappa shape index (κ2) is 7.76. The molecule has 1 amide bonds. The molecule has 6 heteroatoms. The molecule has 26 heavy (non-hydrogen) atoms. The van der Waals surface area contributed by atoms with E-state index in [-0.39, 0.29) is 5.91 Å². The summed E-state index contributed by atoms with van der Waals surface area (Å²) in [6, 6.07) is 15.7. The number of benzene rings is 1. The van der Waals surface area contributed by atoms with Crippen LogP contribution in [0.15, 0.2) is 60.1 Å². The van der Waals surface area contributed by atoms with Crippen LogP contribution in [0.25, 0.3) is 10.6 Å². The van der Waals surface area contributed by atoms with E-state index in [1.54, 1.807) is 23.6 Å². The van der Waals surface area contributed by atoms with Crippen molar-refractivity contribution >= 4 is 17.2 Å². The number of amides is 1. The van der Waals surface area contributed by atoms with Crippen LogP contribution in [0.4, 0.5) is 0 Å². The lowest BCUT2D eigenvalue weighted by Gasteiger charge is -2.34. The largest absolute Gasteiger partial charge is 0.335 e. The predicted molar refractivity (Wildman–Crippen MR) is 103 cm³/mol. The minimum atomic E-state index is 0.0188.